The molecule has 6 atom stereocenters. The molecule has 35 heavy (non-hydrogen) atoms. The Bertz CT molecular complexity index is 1110. The van der Waals surface area contributed by atoms with Crippen LogP contribution in [-0.2, 0) is 25.8 Å². The second-order valence-electron chi connectivity index (χ2n) is 9.05. The Balaban J connectivity index is 1.65. The van der Waals surface area contributed by atoms with Crippen molar-refractivity contribution in [2.75, 3.05) is 13.2 Å². The van der Waals surface area contributed by atoms with E-state index in [0.717, 1.165) is 5.52 Å². The van der Waals surface area contributed by atoms with Gasteiger partial charge in [-0.2, -0.15) is 0 Å². The number of benzene rings is 1. The third-order valence-electron chi connectivity index (χ3n) is 7.24. The number of carbonyl (C=O) groups excluding carboxylic acids is 3. The van der Waals surface area contributed by atoms with E-state index < -0.39 is 35.8 Å². The van der Waals surface area contributed by atoms with Crippen LogP contribution in [0.1, 0.15) is 33.6 Å². The van der Waals surface area contributed by atoms with Crippen molar-refractivity contribution in [2.24, 2.45) is 23.7 Å². The van der Waals surface area contributed by atoms with Crippen LogP contribution in [0.4, 0.5) is 0 Å². The summed E-state index contributed by atoms with van der Waals surface area (Å²) in [4.78, 5) is 41.8. The molecule has 1 aromatic carbocycles. The fourth-order valence-electron chi connectivity index (χ4n) is 5.49. The van der Waals surface area contributed by atoms with Gasteiger partial charge in [0.2, 0.25) is 11.8 Å². The summed E-state index contributed by atoms with van der Waals surface area (Å²) in [6, 6.07) is 6.03. The van der Waals surface area contributed by atoms with Gasteiger partial charge in [0, 0.05) is 5.92 Å². The molecule has 1 aromatic heterocycles. The van der Waals surface area contributed by atoms with Crippen LogP contribution in [0.5, 0.6) is 0 Å². The number of hydrogen-bond donors (Lipinski definition) is 2. The van der Waals surface area contributed by atoms with Crippen molar-refractivity contribution >= 4 is 28.8 Å². The van der Waals surface area contributed by atoms with Crippen LogP contribution < -0.4 is 5.32 Å². The molecule has 10 heteroatoms. The molecule has 2 amide bonds. The van der Waals surface area contributed by atoms with Crippen LogP contribution in [0, 0.1) is 23.7 Å². The molecule has 0 spiro atoms. The van der Waals surface area contributed by atoms with Crippen LogP contribution in [0.25, 0.3) is 11.0 Å². The fraction of sp³-hybridized carbons (Fsp3) is 0.560. The number of para-hydroxylation sites is 1. The number of ether oxygens (including phenoxy) is 1. The Morgan fingerprint density at radius 1 is 1.20 bits per heavy atom. The number of carbonyl (C=O) groups is 3. The number of allylic oxidation sites excluding steroid dienone is 1. The van der Waals surface area contributed by atoms with Crippen LogP contribution in [0.15, 0.2) is 36.4 Å². The minimum absolute atomic E-state index is 0.0772. The van der Waals surface area contributed by atoms with E-state index in [-0.39, 0.29) is 37.6 Å². The summed E-state index contributed by atoms with van der Waals surface area (Å²) >= 11 is 0. The van der Waals surface area contributed by atoms with Gasteiger partial charge in [-0.1, -0.05) is 43.3 Å². The van der Waals surface area contributed by atoms with Crippen molar-refractivity contribution in [1.82, 2.24) is 25.2 Å². The van der Waals surface area contributed by atoms with Crippen molar-refractivity contribution in [3.8, 4) is 0 Å². The molecular weight excluding hydrogens is 450 g/mol. The highest BCUT2D eigenvalue weighted by molar-refractivity contribution is 5.96. The molecule has 2 aromatic rings. The monoisotopic (exact) mass is 483 g/mol. The summed E-state index contributed by atoms with van der Waals surface area (Å²) in [7, 11) is 0. The molecule has 2 aliphatic rings. The summed E-state index contributed by atoms with van der Waals surface area (Å²) in [5, 5.41) is 21.1. The third-order valence-corrected chi connectivity index (χ3v) is 7.24. The number of rotatable bonds is 9. The Hall–Kier alpha value is -3.27. The first-order valence-electron chi connectivity index (χ1n) is 12.3. The van der Waals surface area contributed by atoms with Gasteiger partial charge in [0.05, 0.1) is 36.6 Å². The number of amides is 2. The van der Waals surface area contributed by atoms with E-state index >= 15 is 0 Å². The normalized spacial score (nSPS) is 26.6. The molecule has 1 aliphatic carbocycles. The Labute approximate surface area is 204 Å². The predicted octanol–water partition coefficient (Wildman–Crippen LogP) is 1.49. The van der Waals surface area contributed by atoms with Crippen molar-refractivity contribution in [3.05, 3.63) is 36.4 Å². The van der Waals surface area contributed by atoms with Crippen LogP contribution in [0.2, 0.25) is 0 Å². The molecule has 2 N–H and O–H groups in total. The number of nitrogens with zero attached hydrogens (tertiary/aromatic N) is 4. The summed E-state index contributed by atoms with van der Waals surface area (Å²) in [6.07, 6.45) is 4.98. The highest BCUT2D eigenvalue weighted by Crippen LogP contribution is 2.46. The molecular formula is C25H33N5O5. The summed E-state index contributed by atoms with van der Waals surface area (Å²) in [5.41, 5.74) is 1.49. The molecule has 1 fully saturated rings. The van der Waals surface area contributed by atoms with Gasteiger partial charge in [0.25, 0.3) is 0 Å². The van der Waals surface area contributed by atoms with Crippen molar-refractivity contribution in [3.63, 3.8) is 0 Å². The zero-order valence-corrected chi connectivity index (χ0v) is 20.3. The number of aliphatic hydroxyl groups excluding tert-OH is 1. The Morgan fingerprint density at radius 3 is 2.66 bits per heavy atom. The first-order valence-corrected chi connectivity index (χ1v) is 12.3. The first-order chi connectivity index (χ1) is 17.0. The highest BCUT2D eigenvalue weighted by Gasteiger charge is 2.58. The van der Waals surface area contributed by atoms with E-state index in [0.29, 0.717) is 18.4 Å². The molecule has 4 rings (SSSR count). The minimum Gasteiger partial charge on any atom is -0.466 e. The lowest BCUT2D eigenvalue weighted by Gasteiger charge is -2.33. The molecule has 1 aliphatic heterocycles. The standard InChI is InChI=1S/C25H33N5O5/c1-4-15-11-12-17-21(20(15)25(34)35-6-3)24(33)30(16(5-2)13-31)22(17)23(32)26-14-29-19-10-8-7-9-18(19)27-28-29/h7-12,15-17,20-22,31H,4-6,13-14H2,1-3H3,(H,26,32)/t15-,16+,17+,20-,21-,22+/m1/s1. The molecule has 0 unspecified atom stereocenters. The second kappa shape index (κ2) is 10.6. The maximum Gasteiger partial charge on any atom is 0.310 e. The number of aliphatic hydroxyl groups is 1. The molecule has 0 saturated carbocycles. The largest absolute Gasteiger partial charge is 0.466 e. The zero-order valence-electron chi connectivity index (χ0n) is 20.3. The number of aromatic nitrogens is 3. The average molecular weight is 484 g/mol. The van der Waals surface area contributed by atoms with E-state index in [9.17, 15) is 19.5 Å². The minimum atomic E-state index is -0.856. The van der Waals surface area contributed by atoms with Crippen LogP contribution in [0.3, 0.4) is 0 Å². The highest BCUT2D eigenvalue weighted by atomic mass is 16.5. The average Bonchev–Trinajstić information content (AvgIpc) is 3.42. The summed E-state index contributed by atoms with van der Waals surface area (Å²) in [6.45, 7) is 5.58. The number of fused-ring (bicyclic) bond motifs is 2. The van der Waals surface area contributed by atoms with Gasteiger partial charge in [0.1, 0.15) is 18.2 Å². The summed E-state index contributed by atoms with van der Waals surface area (Å²) in [5.74, 6) is -3.11. The van der Waals surface area contributed by atoms with Gasteiger partial charge in [0.15, 0.2) is 0 Å². The maximum absolute atomic E-state index is 13.8. The molecule has 10 nitrogen and oxygen atoms in total. The van der Waals surface area contributed by atoms with Crippen molar-refractivity contribution < 1.29 is 24.2 Å². The van der Waals surface area contributed by atoms with E-state index in [1.165, 1.54) is 4.90 Å². The van der Waals surface area contributed by atoms with Gasteiger partial charge >= 0.3 is 5.97 Å². The Morgan fingerprint density at radius 2 is 1.97 bits per heavy atom. The number of esters is 1. The zero-order chi connectivity index (χ0) is 25.1. The number of likely N-dealkylation sites (tertiary alicyclic amines) is 1. The quantitative estimate of drug-likeness (QED) is 0.409. The lowest BCUT2D eigenvalue weighted by atomic mass is 9.69. The first kappa shape index (κ1) is 24.8. The maximum atomic E-state index is 13.8. The molecule has 1 saturated heterocycles. The lowest BCUT2D eigenvalue weighted by Crippen LogP contribution is -2.52. The fourth-order valence-corrected chi connectivity index (χ4v) is 5.49. The van der Waals surface area contributed by atoms with Gasteiger partial charge < -0.3 is 20.1 Å². The predicted molar refractivity (Wildman–Crippen MR) is 127 cm³/mol. The van der Waals surface area contributed by atoms with Crippen molar-refractivity contribution in [1.29, 1.82) is 0 Å². The van der Waals surface area contributed by atoms with E-state index in [1.807, 2.05) is 50.3 Å². The smallest absolute Gasteiger partial charge is 0.310 e. The van der Waals surface area contributed by atoms with Gasteiger partial charge in [-0.15, -0.1) is 5.10 Å². The van der Waals surface area contributed by atoms with E-state index in [4.69, 9.17) is 4.74 Å². The van der Waals surface area contributed by atoms with Gasteiger partial charge in [-0.05, 0) is 37.8 Å². The van der Waals surface area contributed by atoms with Gasteiger partial charge in [-0.3, -0.25) is 14.4 Å². The van der Waals surface area contributed by atoms with E-state index in [2.05, 4.69) is 15.6 Å². The van der Waals surface area contributed by atoms with E-state index in [1.54, 1.807) is 11.6 Å². The lowest BCUT2D eigenvalue weighted by molar-refractivity contribution is -0.156. The molecule has 0 bridgehead atoms. The Kier molecular flexibility index (Phi) is 7.49. The van der Waals surface area contributed by atoms with Gasteiger partial charge in [-0.25, -0.2) is 4.68 Å². The molecule has 188 valence electrons. The van der Waals surface area contributed by atoms with Crippen LogP contribution in [-0.4, -0.2) is 68.1 Å². The van der Waals surface area contributed by atoms with Crippen molar-refractivity contribution in [2.45, 2.75) is 52.4 Å². The SMILES string of the molecule is CCOC(=O)[C@H]1[C@@H]2C(=O)N([C@@H](CC)CO)[C@H](C(=O)NCn3nnc4ccccc43)[C@H]2C=C[C@H]1CC. The third kappa shape index (κ3) is 4.42. The van der Waals surface area contributed by atoms with Crippen LogP contribution >= 0.6 is 0 Å². The number of nitrogens with one attached hydrogen (secondary N) is 1. The summed E-state index contributed by atoms with van der Waals surface area (Å²) < 4.78 is 6.92. The number of hydrogen-bond acceptors (Lipinski definition) is 7. The molecule has 0 radical (unpaired) electrons. The molecule has 2 heterocycles. The second-order valence-corrected chi connectivity index (χ2v) is 9.05. The topological polar surface area (TPSA) is 127 Å².